The highest BCUT2D eigenvalue weighted by atomic mass is 16.3. The molecule has 1 atom stereocenters. The number of aliphatic imine (C=N–C) groups is 2. The number of benzene rings is 9. The molecule has 0 bridgehead atoms. The number of amidine groups is 2. The van der Waals surface area contributed by atoms with Gasteiger partial charge in [-0.05, 0) is 93.7 Å². The molecule has 4 heterocycles. The number of para-hydroxylation sites is 2. The van der Waals surface area contributed by atoms with E-state index in [1.807, 2.05) is 36.4 Å². The third-order valence-electron chi connectivity index (χ3n) is 14.4. The van der Waals surface area contributed by atoms with Crippen LogP contribution in [0.1, 0.15) is 75.5 Å². The van der Waals surface area contributed by atoms with Crippen LogP contribution in [0, 0.1) is 0 Å². The fourth-order valence-electron chi connectivity index (χ4n) is 10.6. The van der Waals surface area contributed by atoms with Gasteiger partial charge in [-0.3, -0.25) is 0 Å². The number of hydrogen-bond donors (Lipinski definition) is 1. The molecule has 1 aliphatic rings. The molecular weight excluding hydrogens is 869 g/mol. The summed E-state index contributed by atoms with van der Waals surface area (Å²) in [5.74, 6) is 1.33. The summed E-state index contributed by atoms with van der Waals surface area (Å²) in [5, 5.41) is 10.5. The molecule has 0 fully saturated rings. The van der Waals surface area contributed by atoms with Crippen molar-refractivity contribution in [3.8, 4) is 27.9 Å². The molecule has 9 aromatic carbocycles. The number of fused-ring (bicyclic) bond motifs is 9. The Morgan fingerprint density at radius 1 is 0.437 bits per heavy atom. The van der Waals surface area contributed by atoms with Crippen molar-refractivity contribution in [2.75, 3.05) is 0 Å². The number of aromatic nitrogens is 1. The van der Waals surface area contributed by atoms with Crippen LogP contribution >= 0.6 is 0 Å². The van der Waals surface area contributed by atoms with Crippen LogP contribution in [-0.2, 0) is 10.8 Å². The topological polar surface area (TPSA) is 68.0 Å². The molecule has 12 aromatic rings. The molecule has 71 heavy (non-hydrogen) atoms. The van der Waals surface area contributed by atoms with Gasteiger partial charge in [-0.25, -0.2) is 9.98 Å². The van der Waals surface area contributed by atoms with Crippen LogP contribution in [0.4, 0.5) is 0 Å². The van der Waals surface area contributed by atoms with Crippen molar-refractivity contribution in [2.45, 2.75) is 58.5 Å². The van der Waals surface area contributed by atoms with Crippen molar-refractivity contribution < 1.29 is 8.83 Å². The number of furan rings is 2. The number of nitrogens with zero attached hydrogens (tertiary/aromatic N) is 3. The predicted octanol–water partition coefficient (Wildman–Crippen LogP) is 17.0. The fourth-order valence-corrected chi connectivity index (χ4v) is 10.6. The van der Waals surface area contributed by atoms with Gasteiger partial charge in [-0.1, -0.05) is 175 Å². The van der Waals surface area contributed by atoms with E-state index in [0.29, 0.717) is 11.7 Å². The van der Waals surface area contributed by atoms with Gasteiger partial charge in [0.2, 0.25) is 0 Å². The molecule has 0 radical (unpaired) electrons. The van der Waals surface area contributed by atoms with Crippen LogP contribution in [0.25, 0.3) is 93.6 Å². The summed E-state index contributed by atoms with van der Waals surface area (Å²) in [6.07, 6.45) is -0.505. The normalized spacial score (nSPS) is 14.5. The highest BCUT2D eigenvalue weighted by Crippen LogP contribution is 2.45. The number of hydrogen-bond acceptors (Lipinski definition) is 5. The van der Waals surface area contributed by atoms with E-state index in [9.17, 15) is 0 Å². The van der Waals surface area contributed by atoms with Crippen LogP contribution in [0.2, 0.25) is 0 Å². The van der Waals surface area contributed by atoms with Gasteiger partial charge in [0, 0.05) is 60.1 Å². The zero-order valence-corrected chi connectivity index (χ0v) is 40.7. The Morgan fingerprint density at radius 3 is 1.59 bits per heavy atom. The Balaban J connectivity index is 1.09. The lowest BCUT2D eigenvalue weighted by atomic mass is 9.85. The quantitative estimate of drug-likeness (QED) is 0.181. The molecule has 0 spiro atoms. The summed E-state index contributed by atoms with van der Waals surface area (Å²) in [7, 11) is 0. The zero-order chi connectivity index (χ0) is 48.2. The van der Waals surface area contributed by atoms with E-state index in [0.717, 1.165) is 99.5 Å². The second-order valence-corrected chi connectivity index (χ2v) is 21.0. The molecule has 344 valence electrons. The smallest absolute Gasteiger partial charge is 0.160 e. The Hall–Kier alpha value is -8.48. The minimum Gasteiger partial charge on any atom is -0.456 e. The minimum absolute atomic E-state index is 0.0297. The van der Waals surface area contributed by atoms with Gasteiger partial charge in [0.25, 0.3) is 0 Å². The largest absolute Gasteiger partial charge is 0.456 e. The molecule has 0 saturated heterocycles. The molecular formula is C65H52N4O2. The maximum Gasteiger partial charge on any atom is 0.160 e. The van der Waals surface area contributed by atoms with E-state index in [1.54, 1.807) is 0 Å². The molecule has 13 rings (SSSR count). The molecule has 0 unspecified atom stereocenters. The van der Waals surface area contributed by atoms with Crippen molar-refractivity contribution in [1.82, 2.24) is 9.88 Å². The number of rotatable bonds is 6. The van der Waals surface area contributed by atoms with E-state index in [2.05, 4.69) is 209 Å². The molecule has 3 aromatic heterocycles. The highest BCUT2D eigenvalue weighted by molar-refractivity contribution is 6.22. The monoisotopic (exact) mass is 920 g/mol. The van der Waals surface area contributed by atoms with E-state index in [4.69, 9.17) is 18.8 Å². The molecule has 0 saturated carbocycles. The summed E-state index contributed by atoms with van der Waals surface area (Å²) in [6, 6.07) is 69.4. The standard InChI is InChI=1S/C65H52N4O2/c1-64(2,3)43-29-32-53-51(37-43)52-38-44(65(4,5)6)30-33-54(52)69(53)60-49(39-18-9-7-10-19-39)34-42(35-50(60)40-20-11-8-12-21-40)62-66-61(41-28-31-46-45-22-13-15-25-55(45)71-58(46)36-41)67-63(68-62)48-24-17-27-57-59(48)47-23-14-16-26-56(47)70-57/h7-38,61H,1-6H3,(H,66,67,68)/t61-/m0/s1. The van der Waals surface area contributed by atoms with Crippen LogP contribution in [-0.4, -0.2) is 16.2 Å². The SMILES string of the molecule is CC(C)(C)c1ccc2c(c1)c1cc(C(C)(C)C)ccc1n2-c1c(-c2ccccc2)cc(C2=NC(c3cccc4oc5ccccc5c34)=N[C@@H](c3ccc4c(c3)oc3ccccc34)N2)cc1-c1ccccc1. The summed E-state index contributed by atoms with van der Waals surface area (Å²) in [6.45, 7) is 13.8. The van der Waals surface area contributed by atoms with Crippen LogP contribution in [0.3, 0.4) is 0 Å². The zero-order valence-electron chi connectivity index (χ0n) is 40.7. The van der Waals surface area contributed by atoms with Gasteiger partial charge < -0.3 is 18.7 Å². The third kappa shape index (κ3) is 7.16. The molecule has 1 aliphatic heterocycles. The molecule has 6 nitrogen and oxygen atoms in total. The highest BCUT2D eigenvalue weighted by Gasteiger charge is 2.29. The van der Waals surface area contributed by atoms with Gasteiger partial charge >= 0.3 is 0 Å². The lowest BCUT2D eigenvalue weighted by molar-refractivity contribution is 0.590. The first-order chi connectivity index (χ1) is 34.4. The summed E-state index contributed by atoms with van der Waals surface area (Å²) in [4.78, 5) is 11.0. The van der Waals surface area contributed by atoms with Gasteiger partial charge in [0.15, 0.2) is 5.84 Å². The fraction of sp³-hybridized carbons (Fsp3) is 0.138. The Labute approximate surface area is 412 Å². The third-order valence-corrected chi connectivity index (χ3v) is 14.4. The van der Waals surface area contributed by atoms with Crippen molar-refractivity contribution in [3.05, 3.63) is 222 Å². The van der Waals surface area contributed by atoms with Crippen molar-refractivity contribution in [1.29, 1.82) is 0 Å². The molecule has 6 heteroatoms. The summed E-state index contributed by atoms with van der Waals surface area (Å²) >= 11 is 0. The van der Waals surface area contributed by atoms with Gasteiger partial charge in [-0.2, -0.15) is 0 Å². The lowest BCUT2D eigenvalue weighted by Crippen LogP contribution is -2.33. The van der Waals surface area contributed by atoms with Gasteiger partial charge in [0.1, 0.15) is 34.3 Å². The van der Waals surface area contributed by atoms with Gasteiger partial charge in [-0.15, -0.1) is 0 Å². The molecule has 1 N–H and O–H groups in total. The van der Waals surface area contributed by atoms with E-state index >= 15 is 0 Å². The average molecular weight is 921 g/mol. The maximum atomic E-state index is 6.47. The minimum atomic E-state index is -0.505. The van der Waals surface area contributed by atoms with Crippen LogP contribution in [0.15, 0.2) is 213 Å². The van der Waals surface area contributed by atoms with Crippen LogP contribution < -0.4 is 5.32 Å². The van der Waals surface area contributed by atoms with Gasteiger partial charge in [0.05, 0.1) is 16.7 Å². The lowest BCUT2D eigenvalue weighted by Gasteiger charge is -2.26. The van der Waals surface area contributed by atoms with E-state index in [1.165, 1.54) is 21.9 Å². The Kier molecular flexibility index (Phi) is 9.63. The second-order valence-electron chi connectivity index (χ2n) is 21.0. The summed E-state index contributed by atoms with van der Waals surface area (Å²) < 4.78 is 15.4. The molecule has 0 aliphatic carbocycles. The first-order valence-corrected chi connectivity index (χ1v) is 24.6. The molecule has 0 amide bonds. The Bertz CT molecular complexity index is 4020. The average Bonchev–Trinajstić information content (AvgIpc) is 4.07. The predicted molar refractivity (Wildman–Crippen MR) is 295 cm³/mol. The summed E-state index contributed by atoms with van der Waals surface area (Å²) in [5.41, 5.74) is 16.4. The Morgan fingerprint density at radius 2 is 0.972 bits per heavy atom. The van der Waals surface area contributed by atoms with Crippen molar-refractivity contribution in [2.24, 2.45) is 9.98 Å². The second kappa shape index (κ2) is 16.0. The van der Waals surface area contributed by atoms with Crippen molar-refractivity contribution >= 4 is 77.4 Å². The first-order valence-electron chi connectivity index (χ1n) is 24.6. The van der Waals surface area contributed by atoms with Crippen molar-refractivity contribution in [3.63, 3.8) is 0 Å². The first kappa shape index (κ1) is 42.6. The van der Waals surface area contributed by atoms with E-state index < -0.39 is 6.17 Å². The maximum absolute atomic E-state index is 6.47. The van der Waals surface area contributed by atoms with E-state index in [-0.39, 0.29) is 10.8 Å². The number of nitrogens with one attached hydrogen (secondary N) is 1. The van der Waals surface area contributed by atoms with Crippen LogP contribution in [0.5, 0.6) is 0 Å².